The number of esters is 1. The molecule has 2 aromatic heterocycles. The van der Waals surface area contributed by atoms with E-state index in [0.29, 0.717) is 28.9 Å². The van der Waals surface area contributed by atoms with Gasteiger partial charge in [-0.25, -0.2) is 4.39 Å². The Morgan fingerprint density at radius 2 is 1.94 bits per heavy atom. The molecule has 1 amide bonds. The van der Waals surface area contributed by atoms with E-state index < -0.39 is 22.7 Å². The monoisotopic (exact) mass is 511 g/mol. The smallest absolute Gasteiger partial charge is 0.312 e. The van der Waals surface area contributed by atoms with Gasteiger partial charge in [-0.05, 0) is 62.6 Å². The van der Waals surface area contributed by atoms with Crippen LogP contribution in [0.4, 0.5) is 4.39 Å². The molecule has 1 fully saturated rings. The number of amides is 1. The number of ether oxygens (including phenoxy) is 1. The first-order chi connectivity index (χ1) is 16.9. The minimum Gasteiger partial charge on any atom is -0.469 e. The van der Waals surface area contributed by atoms with Gasteiger partial charge in [-0.2, -0.15) is 0 Å². The van der Waals surface area contributed by atoms with E-state index in [2.05, 4.69) is 4.98 Å². The van der Waals surface area contributed by atoms with Gasteiger partial charge in [0.2, 0.25) is 0 Å². The lowest BCUT2D eigenvalue weighted by Crippen LogP contribution is -2.24. The second-order valence-corrected chi connectivity index (χ2v) is 9.96. The van der Waals surface area contributed by atoms with Crippen molar-refractivity contribution < 1.29 is 18.7 Å². The largest absolute Gasteiger partial charge is 0.469 e. The average Bonchev–Trinajstić information content (AvgIpc) is 3.54. The van der Waals surface area contributed by atoms with Gasteiger partial charge in [0, 0.05) is 37.5 Å². The molecule has 36 heavy (non-hydrogen) atoms. The number of carbonyl (C=O) groups is 2. The Morgan fingerprint density at radius 3 is 2.58 bits per heavy atom. The van der Waals surface area contributed by atoms with Crippen molar-refractivity contribution in [1.29, 1.82) is 0 Å². The first-order valence-corrected chi connectivity index (χ1v) is 11.8. The summed E-state index contributed by atoms with van der Waals surface area (Å²) in [5.74, 6) is -1.70. The summed E-state index contributed by atoms with van der Waals surface area (Å²) in [5, 5.41) is 0.0285. The number of benzene rings is 1. The second kappa shape index (κ2) is 9.17. The van der Waals surface area contributed by atoms with Crippen molar-refractivity contribution in [2.75, 3.05) is 21.2 Å². The van der Waals surface area contributed by atoms with Gasteiger partial charge < -0.3 is 9.64 Å². The molecule has 1 saturated carbocycles. The molecule has 2 atom stereocenters. The van der Waals surface area contributed by atoms with Crippen molar-refractivity contribution in [3.63, 3.8) is 0 Å². The molecular weight excluding hydrogens is 485 g/mol. The van der Waals surface area contributed by atoms with Gasteiger partial charge in [-0.1, -0.05) is 17.7 Å². The zero-order valence-electron chi connectivity index (χ0n) is 21.0. The van der Waals surface area contributed by atoms with Crippen molar-refractivity contribution in [3.05, 3.63) is 80.1 Å². The van der Waals surface area contributed by atoms with E-state index in [9.17, 15) is 14.4 Å². The quantitative estimate of drug-likeness (QED) is 0.465. The van der Waals surface area contributed by atoms with E-state index in [1.807, 2.05) is 0 Å². The lowest BCUT2D eigenvalue weighted by atomic mass is 10.0. The lowest BCUT2D eigenvalue weighted by Gasteiger charge is -2.18. The van der Waals surface area contributed by atoms with E-state index in [0.717, 1.165) is 0 Å². The highest BCUT2D eigenvalue weighted by Gasteiger charge is 2.58. The number of rotatable bonds is 5. The summed E-state index contributed by atoms with van der Waals surface area (Å²) in [5.41, 5.74) is 1.58. The fraction of sp³-hybridized carbons (Fsp3) is 0.333. The van der Waals surface area contributed by atoms with Gasteiger partial charge in [-0.3, -0.25) is 23.9 Å². The molecule has 0 bridgehead atoms. The van der Waals surface area contributed by atoms with Crippen molar-refractivity contribution in [2.24, 2.45) is 5.41 Å². The zero-order chi connectivity index (χ0) is 26.5. The van der Waals surface area contributed by atoms with Crippen LogP contribution >= 0.6 is 11.6 Å². The summed E-state index contributed by atoms with van der Waals surface area (Å²) in [4.78, 5) is 43.7. The van der Waals surface area contributed by atoms with Gasteiger partial charge in [-0.15, -0.1) is 0 Å². The van der Waals surface area contributed by atoms with E-state index >= 15 is 4.39 Å². The maximum absolute atomic E-state index is 15.3. The van der Waals surface area contributed by atoms with Crippen molar-refractivity contribution >= 4 is 23.5 Å². The topological polar surface area (TPSA) is 81.5 Å². The number of nitrogens with zero attached hydrogens (tertiary/aromatic N) is 3. The number of aromatic nitrogens is 2. The van der Waals surface area contributed by atoms with Crippen LogP contribution < -0.4 is 5.56 Å². The first-order valence-electron chi connectivity index (χ1n) is 11.4. The molecule has 0 spiro atoms. The molecule has 0 N–H and O–H groups in total. The van der Waals surface area contributed by atoms with Crippen molar-refractivity contribution in [1.82, 2.24) is 14.5 Å². The number of hydrogen-bond donors (Lipinski definition) is 0. The number of pyridine rings is 2. The summed E-state index contributed by atoms with van der Waals surface area (Å²) in [6.07, 6.45) is 2.09. The third kappa shape index (κ3) is 4.09. The summed E-state index contributed by atoms with van der Waals surface area (Å²) in [7, 11) is 4.44. The molecule has 188 valence electrons. The predicted molar refractivity (Wildman–Crippen MR) is 135 cm³/mol. The molecular formula is C27H27ClFN3O4. The van der Waals surface area contributed by atoms with E-state index in [-0.39, 0.29) is 33.7 Å². The minimum absolute atomic E-state index is 0.0285. The number of methoxy groups -OCH3 is 1. The van der Waals surface area contributed by atoms with Crippen molar-refractivity contribution in [2.45, 2.75) is 33.1 Å². The Hall–Kier alpha value is -3.52. The number of halogens is 2. The fourth-order valence-corrected chi connectivity index (χ4v) is 4.87. The number of hydrogen-bond acceptors (Lipinski definition) is 5. The van der Waals surface area contributed by atoms with Gasteiger partial charge in [0.25, 0.3) is 11.5 Å². The molecule has 3 aromatic rings. The van der Waals surface area contributed by atoms with Gasteiger partial charge in [0.15, 0.2) is 0 Å². The Kier molecular flexibility index (Phi) is 6.51. The van der Waals surface area contributed by atoms with Crippen LogP contribution in [0.5, 0.6) is 0 Å². The minimum atomic E-state index is -0.713. The summed E-state index contributed by atoms with van der Waals surface area (Å²) >= 11 is 6.55. The summed E-state index contributed by atoms with van der Waals surface area (Å²) in [6, 6.07) is 7.96. The normalized spacial score (nSPS) is 18.6. The second-order valence-electron chi connectivity index (χ2n) is 9.58. The van der Waals surface area contributed by atoms with E-state index in [1.54, 1.807) is 59.3 Å². The lowest BCUT2D eigenvalue weighted by molar-refractivity contribution is -0.146. The third-order valence-corrected chi connectivity index (χ3v) is 7.23. The van der Waals surface area contributed by atoms with Crippen LogP contribution in [-0.4, -0.2) is 47.5 Å². The standard InChI is InChI=1S/C27H27ClFN3O4/c1-14-13-30-20(16-8-7-9-17(23(16)29)24(33)31(4)5)11-21(14)32-15(2)10-18(22(28)25(32)34)19-12-27(19,3)26(35)36-6/h7-11,13,19H,12H2,1-6H3/t19-,27-/m0/s1. The highest BCUT2D eigenvalue weighted by atomic mass is 35.5. The molecule has 1 aliphatic rings. The molecule has 0 radical (unpaired) electrons. The highest BCUT2D eigenvalue weighted by molar-refractivity contribution is 6.31. The number of carbonyl (C=O) groups excluding carboxylic acids is 2. The molecule has 0 saturated heterocycles. The van der Waals surface area contributed by atoms with Crippen LogP contribution in [0.3, 0.4) is 0 Å². The van der Waals surface area contributed by atoms with Gasteiger partial charge in [0.05, 0.1) is 29.5 Å². The summed E-state index contributed by atoms with van der Waals surface area (Å²) < 4.78 is 21.7. The first kappa shape index (κ1) is 25.6. The van der Waals surface area contributed by atoms with Gasteiger partial charge in [0.1, 0.15) is 10.8 Å². The van der Waals surface area contributed by atoms with Crippen molar-refractivity contribution in [3.8, 4) is 16.9 Å². The maximum atomic E-state index is 15.3. The van der Waals surface area contributed by atoms with E-state index in [1.165, 1.54) is 28.7 Å². The Bertz CT molecular complexity index is 1470. The average molecular weight is 512 g/mol. The Morgan fingerprint density at radius 1 is 1.25 bits per heavy atom. The molecule has 0 unspecified atom stereocenters. The van der Waals surface area contributed by atoms with Crippen LogP contribution in [0.15, 0.2) is 41.3 Å². The molecule has 1 aliphatic carbocycles. The Balaban J connectivity index is 1.82. The molecule has 1 aromatic carbocycles. The molecule has 2 heterocycles. The fourth-order valence-electron chi connectivity index (χ4n) is 4.60. The molecule has 9 heteroatoms. The molecule has 0 aliphatic heterocycles. The maximum Gasteiger partial charge on any atom is 0.312 e. The number of aryl methyl sites for hydroxylation is 2. The van der Waals surface area contributed by atoms with Crippen LogP contribution in [0.2, 0.25) is 5.02 Å². The molecule has 4 rings (SSSR count). The van der Waals surface area contributed by atoms with Crippen LogP contribution in [0.1, 0.15) is 46.4 Å². The SMILES string of the molecule is COC(=O)[C@@]1(C)C[C@H]1c1cc(C)n(-c2cc(-c3cccc(C(=O)N(C)C)c3F)ncc2C)c(=O)c1Cl. The van der Waals surface area contributed by atoms with Crippen LogP contribution in [0.25, 0.3) is 16.9 Å². The Labute approximate surface area is 213 Å². The highest BCUT2D eigenvalue weighted by Crippen LogP contribution is 2.60. The van der Waals surface area contributed by atoms with E-state index in [4.69, 9.17) is 16.3 Å². The third-order valence-electron chi connectivity index (χ3n) is 6.85. The van der Waals surface area contributed by atoms with Crippen LogP contribution in [0, 0.1) is 25.1 Å². The molecule has 7 nitrogen and oxygen atoms in total. The van der Waals surface area contributed by atoms with Gasteiger partial charge >= 0.3 is 5.97 Å². The predicted octanol–water partition coefficient (Wildman–Crippen LogP) is 4.68. The summed E-state index contributed by atoms with van der Waals surface area (Å²) in [6.45, 7) is 5.36. The zero-order valence-corrected chi connectivity index (χ0v) is 21.7. The van der Waals surface area contributed by atoms with Crippen LogP contribution in [-0.2, 0) is 9.53 Å².